The fourth-order valence-corrected chi connectivity index (χ4v) is 4.32. The van der Waals surface area contributed by atoms with E-state index in [1.165, 1.54) is 4.70 Å². The number of thiazole rings is 1. The van der Waals surface area contributed by atoms with Gasteiger partial charge in [-0.3, -0.25) is 0 Å². The average Bonchev–Trinajstić information content (AvgIpc) is 3.14. The Morgan fingerprint density at radius 3 is 2.67 bits per heavy atom. The topological polar surface area (TPSA) is 38.9 Å². The highest BCUT2D eigenvalue weighted by Crippen LogP contribution is 2.34. The van der Waals surface area contributed by atoms with Gasteiger partial charge < -0.3 is 9.30 Å². The molecule has 122 valence electrons. The van der Waals surface area contributed by atoms with E-state index in [0.29, 0.717) is 22.6 Å². The lowest BCUT2D eigenvalue weighted by Gasteiger charge is -2.13. The third kappa shape index (κ3) is 2.73. The van der Waals surface area contributed by atoms with Crippen molar-refractivity contribution in [3.63, 3.8) is 0 Å². The Bertz CT molecular complexity index is 1000. The third-order valence-corrected chi connectivity index (χ3v) is 5.64. The Morgan fingerprint density at radius 1 is 1.17 bits per heavy atom. The third-order valence-electron chi connectivity index (χ3n) is 3.87. The summed E-state index contributed by atoms with van der Waals surface area (Å²) >= 11 is 14.1. The molecule has 0 aliphatic carbocycles. The molecule has 1 aliphatic rings. The Labute approximate surface area is 152 Å². The molecule has 3 aromatic rings. The van der Waals surface area contributed by atoms with Gasteiger partial charge in [0, 0.05) is 22.7 Å². The van der Waals surface area contributed by atoms with E-state index in [1.807, 2.05) is 29.8 Å². The van der Waals surface area contributed by atoms with E-state index in [2.05, 4.69) is 22.1 Å². The number of aromatic nitrogens is 1. The fourth-order valence-electron chi connectivity index (χ4n) is 2.66. The number of rotatable bonds is 1. The number of hydrogen-bond acceptors (Lipinski definition) is 4. The van der Waals surface area contributed by atoms with Gasteiger partial charge in [0.1, 0.15) is 6.10 Å². The zero-order valence-corrected chi connectivity index (χ0v) is 15.1. The van der Waals surface area contributed by atoms with E-state index in [4.69, 9.17) is 27.9 Å². The van der Waals surface area contributed by atoms with Crippen molar-refractivity contribution < 1.29 is 4.74 Å². The summed E-state index contributed by atoms with van der Waals surface area (Å²) in [5.74, 6) is 0. The monoisotopic (exact) mass is 377 g/mol. The first-order valence-electron chi connectivity index (χ1n) is 7.38. The highest BCUT2D eigenvalue weighted by Gasteiger charge is 2.26. The van der Waals surface area contributed by atoms with E-state index in [1.54, 1.807) is 23.5 Å². The van der Waals surface area contributed by atoms with Gasteiger partial charge >= 0.3 is 6.02 Å². The zero-order chi connectivity index (χ0) is 16.7. The summed E-state index contributed by atoms with van der Waals surface area (Å²) in [6.45, 7) is 0.455. The molecule has 1 aliphatic heterocycles. The van der Waals surface area contributed by atoms with Crippen molar-refractivity contribution in [2.75, 3.05) is 6.54 Å². The van der Waals surface area contributed by atoms with Crippen LogP contribution in [-0.4, -0.2) is 17.1 Å². The summed E-state index contributed by atoms with van der Waals surface area (Å²) < 4.78 is 9.07. The van der Waals surface area contributed by atoms with E-state index in [0.717, 1.165) is 15.9 Å². The second kappa shape index (κ2) is 6.24. The predicted octanol–water partition coefficient (Wildman–Crippen LogP) is 4.57. The van der Waals surface area contributed by atoms with Gasteiger partial charge in [0.2, 0.25) is 0 Å². The van der Waals surface area contributed by atoms with Crippen LogP contribution in [-0.2, 0) is 11.8 Å². The molecule has 4 rings (SSSR count). The molecule has 0 bridgehead atoms. The number of ether oxygens (including phenoxy) is 1. The molecule has 0 saturated carbocycles. The largest absolute Gasteiger partial charge is 0.453 e. The van der Waals surface area contributed by atoms with Gasteiger partial charge in [-0.25, -0.2) is 4.99 Å². The molecular formula is C17H13Cl2N3OS. The van der Waals surface area contributed by atoms with E-state index < -0.39 is 0 Å². The van der Waals surface area contributed by atoms with Crippen LogP contribution >= 0.6 is 34.5 Å². The standard InChI is InChI=1S/C17H13Cl2N3OS/c1-22-12-7-2-3-8-14(12)24-17(22)21-16-20-9-13(23-16)15-10(18)5-4-6-11(15)19/h2-8,13H,9H2,1H3/b21-17-. The molecule has 2 heterocycles. The van der Waals surface area contributed by atoms with Crippen LogP contribution in [0.4, 0.5) is 0 Å². The Hall–Kier alpha value is -1.82. The summed E-state index contributed by atoms with van der Waals surface area (Å²) in [5.41, 5.74) is 1.89. The summed E-state index contributed by atoms with van der Waals surface area (Å²) in [7, 11) is 1.98. The lowest BCUT2D eigenvalue weighted by molar-refractivity contribution is 0.226. The Balaban J connectivity index is 1.66. The first kappa shape index (κ1) is 15.7. The second-order valence-corrected chi connectivity index (χ2v) is 7.21. The summed E-state index contributed by atoms with van der Waals surface area (Å²) in [6.07, 6.45) is -0.301. The molecule has 1 aromatic heterocycles. The SMILES string of the molecule is Cn1/c(=N/C2=NCC(c3c(Cl)cccc3Cl)O2)sc2ccccc21. The van der Waals surface area contributed by atoms with Gasteiger partial charge in [0.25, 0.3) is 0 Å². The smallest absolute Gasteiger partial charge is 0.315 e. The van der Waals surface area contributed by atoms with Crippen LogP contribution in [0, 0.1) is 0 Å². The lowest BCUT2D eigenvalue weighted by atomic mass is 10.1. The molecular weight excluding hydrogens is 365 g/mol. The van der Waals surface area contributed by atoms with Crippen LogP contribution in [0.25, 0.3) is 10.2 Å². The molecule has 0 amide bonds. The van der Waals surface area contributed by atoms with Crippen LogP contribution in [0.5, 0.6) is 0 Å². The number of halogens is 2. The molecule has 0 fully saturated rings. The number of nitrogens with zero attached hydrogens (tertiary/aromatic N) is 3. The number of benzene rings is 2. The van der Waals surface area contributed by atoms with Crippen molar-refractivity contribution in [2.24, 2.45) is 17.0 Å². The number of para-hydroxylation sites is 1. The van der Waals surface area contributed by atoms with Crippen molar-refractivity contribution in [3.05, 3.63) is 62.9 Å². The van der Waals surface area contributed by atoms with Gasteiger partial charge in [0.15, 0.2) is 4.80 Å². The van der Waals surface area contributed by atoms with Crippen LogP contribution in [0.15, 0.2) is 52.4 Å². The normalized spacial score (nSPS) is 18.0. The van der Waals surface area contributed by atoms with Crippen LogP contribution in [0.2, 0.25) is 10.0 Å². The summed E-state index contributed by atoms with van der Waals surface area (Å²) in [4.78, 5) is 9.77. The molecule has 24 heavy (non-hydrogen) atoms. The molecule has 0 saturated heterocycles. The predicted molar refractivity (Wildman–Crippen MR) is 98.9 cm³/mol. The summed E-state index contributed by atoms with van der Waals surface area (Å²) in [6, 6.07) is 13.9. The van der Waals surface area contributed by atoms with Crippen molar-refractivity contribution in [1.29, 1.82) is 0 Å². The van der Waals surface area contributed by atoms with Gasteiger partial charge in [-0.2, -0.15) is 4.99 Å². The lowest BCUT2D eigenvalue weighted by Crippen LogP contribution is -2.14. The van der Waals surface area contributed by atoms with Gasteiger partial charge in [-0.05, 0) is 24.3 Å². The van der Waals surface area contributed by atoms with Crippen molar-refractivity contribution >= 4 is 50.8 Å². The maximum absolute atomic E-state index is 6.25. The first-order chi connectivity index (χ1) is 11.6. The maximum Gasteiger partial charge on any atom is 0.315 e. The van der Waals surface area contributed by atoms with Gasteiger partial charge in [0.05, 0.1) is 16.8 Å². The van der Waals surface area contributed by atoms with Crippen molar-refractivity contribution in [1.82, 2.24) is 4.57 Å². The molecule has 4 nitrogen and oxygen atoms in total. The minimum Gasteiger partial charge on any atom is -0.453 e. The first-order valence-corrected chi connectivity index (χ1v) is 8.95. The molecule has 1 atom stereocenters. The number of hydrogen-bond donors (Lipinski definition) is 0. The van der Waals surface area contributed by atoms with Gasteiger partial charge in [-0.15, -0.1) is 0 Å². The Morgan fingerprint density at radius 2 is 1.92 bits per heavy atom. The van der Waals surface area contributed by atoms with Crippen LogP contribution in [0.3, 0.4) is 0 Å². The minimum atomic E-state index is -0.301. The number of aliphatic imine (C=N–C) groups is 1. The zero-order valence-electron chi connectivity index (χ0n) is 12.7. The summed E-state index contributed by atoms with van der Waals surface area (Å²) in [5, 5.41) is 1.16. The van der Waals surface area contributed by atoms with Crippen molar-refractivity contribution in [3.8, 4) is 0 Å². The Kier molecular flexibility index (Phi) is 4.08. The van der Waals surface area contributed by atoms with Crippen LogP contribution in [0.1, 0.15) is 11.7 Å². The molecule has 0 spiro atoms. The van der Waals surface area contributed by atoms with E-state index in [9.17, 15) is 0 Å². The second-order valence-electron chi connectivity index (χ2n) is 5.39. The average molecular weight is 378 g/mol. The van der Waals surface area contributed by atoms with Gasteiger partial charge in [-0.1, -0.05) is 52.7 Å². The molecule has 2 aromatic carbocycles. The molecule has 0 radical (unpaired) electrons. The molecule has 1 unspecified atom stereocenters. The number of aryl methyl sites for hydroxylation is 1. The molecule has 7 heteroatoms. The van der Waals surface area contributed by atoms with Crippen molar-refractivity contribution in [2.45, 2.75) is 6.10 Å². The number of amidine groups is 1. The van der Waals surface area contributed by atoms with E-state index >= 15 is 0 Å². The highest BCUT2D eigenvalue weighted by molar-refractivity contribution is 7.16. The highest BCUT2D eigenvalue weighted by atomic mass is 35.5. The minimum absolute atomic E-state index is 0.301. The maximum atomic E-state index is 6.25. The number of fused-ring (bicyclic) bond motifs is 1. The quantitative estimate of drug-likeness (QED) is 0.611. The fraction of sp³-hybridized carbons (Fsp3) is 0.176. The van der Waals surface area contributed by atoms with Crippen LogP contribution < -0.4 is 4.80 Å². The molecule has 0 N–H and O–H groups in total. The van der Waals surface area contributed by atoms with E-state index in [-0.39, 0.29) is 6.10 Å².